The Labute approximate surface area is 88.7 Å². The van der Waals surface area contributed by atoms with E-state index < -0.39 is 11.6 Å². The molecule has 0 heterocycles. The largest absolute Gasteiger partial charge is 0.396 e. The van der Waals surface area contributed by atoms with Crippen LogP contribution in [0.4, 0.5) is 8.78 Å². The number of hydrogen-bond donors (Lipinski definition) is 1. The Bertz CT molecular complexity index is 323. The topological polar surface area (TPSA) is 20.2 Å². The quantitative estimate of drug-likeness (QED) is 0.817. The fourth-order valence-corrected chi connectivity index (χ4v) is 1.48. The summed E-state index contributed by atoms with van der Waals surface area (Å²) in [6.07, 6.45) is 0.575. The van der Waals surface area contributed by atoms with Crippen molar-refractivity contribution in [3.63, 3.8) is 0 Å². The molecule has 0 fully saturated rings. The second-order valence-electron chi connectivity index (χ2n) is 4.14. The highest BCUT2D eigenvalue weighted by Crippen LogP contribution is 2.18. The lowest BCUT2D eigenvalue weighted by molar-refractivity contribution is 0.189. The smallest absolute Gasteiger partial charge is 0.159 e. The zero-order valence-electron chi connectivity index (χ0n) is 9.00. The molecule has 1 atom stereocenters. The van der Waals surface area contributed by atoms with Gasteiger partial charge in [-0.3, -0.25) is 0 Å². The molecule has 0 saturated heterocycles. The lowest BCUT2D eigenvalue weighted by Gasteiger charge is -2.18. The fourth-order valence-electron chi connectivity index (χ4n) is 1.48. The van der Waals surface area contributed by atoms with Crippen molar-refractivity contribution in [2.24, 2.45) is 11.8 Å². The van der Waals surface area contributed by atoms with Crippen molar-refractivity contribution < 1.29 is 13.9 Å². The summed E-state index contributed by atoms with van der Waals surface area (Å²) in [6.45, 7) is 4.07. The Balaban J connectivity index is 2.75. The normalized spacial score (nSPS) is 13.2. The molecular weight excluding hydrogens is 198 g/mol. The average molecular weight is 214 g/mol. The van der Waals surface area contributed by atoms with E-state index in [9.17, 15) is 8.78 Å². The maximum absolute atomic E-state index is 12.9. The molecule has 1 rings (SSSR count). The highest BCUT2D eigenvalue weighted by atomic mass is 19.2. The second kappa shape index (κ2) is 5.21. The molecule has 0 aliphatic heterocycles. The SMILES string of the molecule is CC(C)C(CO)Cc1ccc(F)c(F)c1. The molecular formula is C12H16F2O. The van der Waals surface area contributed by atoms with E-state index in [0.29, 0.717) is 12.3 Å². The first kappa shape index (κ1) is 12.1. The minimum Gasteiger partial charge on any atom is -0.396 e. The summed E-state index contributed by atoms with van der Waals surface area (Å²) < 4.78 is 25.5. The van der Waals surface area contributed by atoms with E-state index in [1.807, 2.05) is 13.8 Å². The first-order chi connectivity index (χ1) is 7.04. The molecule has 1 unspecified atom stereocenters. The van der Waals surface area contributed by atoms with Crippen LogP contribution in [0.2, 0.25) is 0 Å². The zero-order chi connectivity index (χ0) is 11.4. The van der Waals surface area contributed by atoms with Crippen molar-refractivity contribution in [2.45, 2.75) is 20.3 Å². The van der Waals surface area contributed by atoms with Gasteiger partial charge in [0.25, 0.3) is 0 Å². The highest BCUT2D eigenvalue weighted by Gasteiger charge is 2.13. The molecule has 3 heteroatoms. The first-order valence-corrected chi connectivity index (χ1v) is 5.09. The Morgan fingerprint density at radius 2 is 1.87 bits per heavy atom. The van der Waals surface area contributed by atoms with Crippen LogP contribution in [0, 0.1) is 23.5 Å². The molecule has 15 heavy (non-hydrogen) atoms. The Morgan fingerprint density at radius 1 is 1.20 bits per heavy atom. The van der Waals surface area contributed by atoms with E-state index in [2.05, 4.69) is 0 Å². The molecule has 1 N–H and O–H groups in total. The maximum atomic E-state index is 12.9. The van der Waals surface area contributed by atoms with Crippen LogP contribution in [-0.2, 0) is 6.42 Å². The minimum absolute atomic E-state index is 0.0661. The predicted octanol–water partition coefficient (Wildman–Crippen LogP) is 2.77. The van der Waals surface area contributed by atoms with E-state index in [1.54, 1.807) is 6.07 Å². The van der Waals surface area contributed by atoms with E-state index >= 15 is 0 Å². The van der Waals surface area contributed by atoms with Crippen LogP contribution in [0.1, 0.15) is 19.4 Å². The molecule has 0 spiro atoms. The molecule has 0 radical (unpaired) electrons. The van der Waals surface area contributed by atoms with Gasteiger partial charge in [-0.05, 0) is 36.0 Å². The van der Waals surface area contributed by atoms with Crippen LogP contribution in [0.25, 0.3) is 0 Å². The van der Waals surface area contributed by atoms with Crippen molar-refractivity contribution >= 4 is 0 Å². The van der Waals surface area contributed by atoms with Crippen molar-refractivity contribution in [1.82, 2.24) is 0 Å². The molecule has 1 aromatic carbocycles. The molecule has 0 aromatic heterocycles. The summed E-state index contributed by atoms with van der Waals surface area (Å²) in [5.41, 5.74) is 0.724. The third kappa shape index (κ3) is 3.27. The van der Waals surface area contributed by atoms with E-state index in [1.165, 1.54) is 6.07 Å². The molecule has 0 bridgehead atoms. The van der Waals surface area contributed by atoms with Crippen LogP contribution in [0.5, 0.6) is 0 Å². The summed E-state index contributed by atoms with van der Waals surface area (Å²) in [6, 6.07) is 3.88. The summed E-state index contributed by atoms with van der Waals surface area (Å²) in [5.74, 6) is -1.24. The standard InChI is InChI=1S/C12H16F2O/c1-8(2)10(7-15)5-9-3-4-11(13)12(14)6-9/h3-4,6,8,10,15H,5,7H2,1-2H3. The summed E-state index contributed by atoms with van der Waals surface area (Å²) in [7, 11) is 0. The van der Waals surface area contributed by atoms with Crippen LogP contribution in [0.15, 0.2) is 18.2 Å². The number of benzene rings is 1. The highest BCUT2D eigenvalue weighted by molar-refractivity contribution is 5.18. The van der Waals surface area contributed by atoms with E-state index in [-0.39, 0.29) is 12.5 Å². The van der Waals surface area contributed by atoms with Gasteiger partial charge >= 0.3 is 0 Å². The van der Waals surface area contributed by atoms with Gasteiger partial charge in [0.05, 0.1) is 0 Å². The Hall–Kier alpha value is -0.960. The molecule has 84 valence electrons. The summed E-state index contributed by atoms with van der Waals surface area (Å²) >= 11 is 0. The molecule has 0 aliphatic carbocycles. The van der Waals surface area contributed by atoms with Crippen LogP contribution in [-0.4, -0.2) is 11.7 Å². The van der Waals surface area contributed by atoms with Crippen molar-refractivity contribution in [1.29, 1.82) is 0 Å². The van der Waals surface area contributed by atoms with Gasteiger partial charge in [-0.2, -0.15) is 0 Å². The Morgan fingerprint density at radius 3 is 2.33 bits per heavy atom. The molecule has 1 nitrogen and oxygen atoms in total. The lowest BCUT2D eigenvalue weighted by atomic mass is 9.90. The van der Waals surface area contributed by atoms with Crippen molar-refractivity contribution in [3.8, 4) is 0 Å². The maximum Gasteiger partial charge on any atom is 0.159 e. The fraction of sp³-hybridized carbons (Fsp3) is 0.500. The van der Waals surface area contributed by atoms with Gasteiger partial charge in [0.1, 0.15) is 0 Å². The molecule has 0 aliphatic rings. The van der Waals surface area contributed by atoms with Gasteiger partial charge in [-0.1, -0.05) is 19.9 Å². The summed E-state index contributed by atoms with van der Waals surface area (Å²) in [4.78, 5) is 0. The minimum atomic E-state index is -0.830. The number of halogens is 2. The Kier molecular flexibility index (Phi) is 4.21. The van der Waals surface area contributed by atoms with Crippen LogP contribution >= 0.6 is 0 Å². The van der Waals surface area contributed by atoms with Gasteiger partial charge in [-0.25, -0.2) is 8.78 Å². The number of hydrogen-bond acceptors (Lipinski definition) is 1. The predicted molar refractivity (Wildman–Crippen MR) is 55.5 cm³/mol. The second-order valence-corrected chi connectivity index (χ2v) is 4.14. The van der Waals surface area contributed by atoms with Gasteiger partial charge in [0, 0.05) is 6.61 Å². The number of aliphatic hydroxyl groups is 1. The zero-order valence-corrected chi connectivity index (χ0v) is 9.00. The molecule has 1 aromatic rings. The van der Waals surface area contributed by atoms with Crippen LogP contribution < -0.4 is 0 Å². The first-order valence-electron chi connectivity index (χ1n) is 5.09. The number of aliphatic hydroxyl groups excluding tert-OH is 1. The van der Waals surface area contributed by atoms with E-state index in [4.69, 9.17) is 5.11 Å². The molecule has 0 saturated carbocycles. The van der Waals surface area contributed by atoms with Crippen molar-refractivity contribution in [3.05, 3.63) is 35.4 Å². The van der Waals surface area contributed by atoms with Gasteiger partial charge in [0.2, 0.25) is 0 Å². The molecule has 0 amide bonds. The van der Waals surface area contributed by atoms with Gasteiger partial charge in [-0.15, -0.1) is 0 Å². The van der Waals surface area contributed by atoms with Gasteiger partial charge in [0.15, 0.2) is 11.6 Å². The summed E-state index contributed by atoms with van der Waals surface area (Å²) in [5, 5.41) is 9.11. The van der Waals surface area contributed by atoms with Crippen LogP contribution in [0.3, 0.4) is 0 Å². The van der Waals surface area contributed by atoms with Gasteiger partial charge < -0.3 is 5.11 Å². The average Bonchev–Trinajstić information content (AvgIpc) is 2.19. The van der Waals surface area contributed by atoms with E-state index in [0.717, 1.165) is 11.6 Å². The number of rotatable bonds is 4. The third-order valence-electron chi connectivity index (χ3n) is 2.66. The lowest BCUT2D eigenvalue weighted by Crippen LogP contribution is -2.16. The third-order valence-corrected chi connectivity index (χ3v) is 2.66. The monoisotopic (exact) mass is 214 g/mol. The van der Waals surface area contributed by atoms with Crippen molar-refractivity contribution in [2.75, 3.05) is 6.61 Å².